The third-order valence-corrected chi connectivity index (χ3v) is 3.36. The van der Waals surface area contributed by atoms with Gasteiger partial charge in [0.1, 0.15) is 5.69 Å². The second-order valence-electron chi connectivity index (χ2n) is 3.99. The maximum atomic E-state index is 9.43. The van der Waals surface area contributed by atoms with Crippen LogP contribution < -0.4 is 0 Å². The monoisotopic (exact) mass is 303 g/mol. The second-order valence-corrected chi connectivity index (χ2v) is 4.90. The van der Waals surface area contributed by atoms with Crippen LogP contribution in [0.3, 0.4) is 0 Å². The van der Waals surface area contributed by atoms with Crippen LogP contribution in [0.2, 0.25) is 0 Å². The molecule has 0 spiro atoms. The van der Waals surface area contributed by atoms with Gasteiger partial charge in [0.2, 0.25) is 0 Å². The third kappa shape index (κ3) is 1.83. The van der Waals surface area contributed by atoms with E-state index >= 15 is 0 Å². The van der Waals surface area contributed by atoms with Crippen LogP contribution in [0.4, 0.5) is 0 Å². The van der Waals surface area contributed by atoms with Crippen molar-refractivity contribution in [2.45, 2.75) is 6.61 Å². The number of rotatable bonds is 2. The van der Waals surface area contributed by atoms with Gasteiger partial charge in [-0.2, -0.15) is 0 Å². The van der Waals surface area contributed by atoms with Crippen molar-refractivity contribution >= 4 is 26.9 Å². The Bertz CT molecular complexity index is 706. The molecule has 0 radical (unpaired) electrons. The van der Waals surface area contributed by atoms with Crippen LogP contribution in [0.25, 0.3) is 22.2 Å². The van der Waals surface area contributed by atoms with Crippen molar-refractivity contribution < 1.29 is 9.63 Å². The van der Waals surface area contributed by atoms with Crippen molar-refractivity contribution in [2.24, 2.45) is 0 Å². The van der Waals surface area contributed by atoms with E-state index in [4.69, 9.17) is 4.52 Å². The third-order valence-electron chi connectivity index (χ3n) is 2.87. The molecular formula is C14H10BrNO2. The largest absolute Gasteiger partial charge is 0.392 e. The Labute approximate surface area is 112 Å². The van der Waals surface area contributed by atoms with Gasteiger partial charge >= 0.3 is 0 Å². The Morgan fingerprint density at radius 3 is 2.83 bits per heavy atom. The van der Waals surface area contributed by atoms with Crippen molar-refractivity contribution in [1.82, 2.24) is 5.16 Å². The van der Waals surface area contributed by atoms with E-state index in [1.165, 1.54) is 0 Å². The molecule has 0 atom stereocenters. The summed E-state index contributed by atoms with van der Waals surface area (Å²) in [6, 6.07) is 13.4. The van der Waals surface area contributed by atoms with Crippen LogP contribution in [0.5, 0.6) is 0 Å². The molecule has 2 aromatic carbocycles. The zero-order valence-electron chi connectivity index (χ0n) is 9.43. The molecule has 0 unspecified atom stereocenters. The number of aromatic nitrogens is 1. The normalized spacial score (nSPS) is 11.0. The molecule has 0 saturated heterocycles. The molecule has 0 aliphatic heterocycles. The molecular weight excluding hydrogens is 294 g/mol. The topological polar surface area (TPSA) is 46.3 Å². The highest BCUT2D eigenvalue weighted by molar-refractivity contribution is 9.10. The number of aliphatic hydroxyl groups excluding tert-OH is 1. The summed E-state index contributed by atoms with van der Waals surface area (Å²) in [6.07, 6.45) is 0. The lowest BCUT2D eigenvalue weighted by Gasteiger charge is -2.05. The average Bonchev–Trinajstić information content (AvgIpc) is 2.82. The van der Waals surface area contributed by atoms with Crippen LogP contribution in [0.15, 0.2) is 51.5 Å². The summed E-state index contributed by atoms with van der Waals surface area (Å²) in [6.45, 7) is -0.0318. The molecule has 1 heterocycles. The van der Waals surface area contributed by atoms with Crippen molar-refractivity contribution in [2.75, 3.05) is 0 Å². The van der Waals surface area contributed by atoms with Crippen LogP contribution in [-0.4, -0.2) is 10.3 Å². The van der Waals surface area contributed by atoms with E-state index in [1.54, 1.807) is 0 Å². The quantitative estimate of drug-likeness (QED) is 0.784. The van der Waals surface area contributed by atoms with Gasteiger partial charge in [-0.1, -0.05) is 39.3 Å². The average molecular weight is 304 g/mol. The van der Waals surface area contributed by atoms with Gasteiger partial charge in [0, 0.05) is 15.4 Å². The van der Waals surface area contributed by atoms with Crippen molar-refractivity contribution in [3.63, 3.8) is 0 Å². The molecule has 90 valence electrons. The lowest BCUT2D eigenvalue weighted by atomic mass is 10.0. The van der Waals surface area contributed by atoms with Crippen molar-refractivity contribution in [3.8, 4) is 11.3 Å². The number of hydrogen-bond donors (Lipinski definition) is 1. The van der Waals surface area contributed by atoms with Gasteiger partial charge in [0.05, 0.1) is 6.61 Å². The Morgan fingerprint density at radius 1 is 1.17 bits per heavy atom. The maximum absolute atomic E-state index is 9.43. The molecule has 1 aromatic heterocycles. The highest BCUT2D eigenvalue weighted by Gasteiger charge is 2.13. The summed E-state index contributed by atoms with van der Waals surface area (Å²) in [7, 11) is 0. The first-order valence-electron chi connectivity index (χ1n) is 5.53. The minimum absolute atomic E-state index is 0.0318. The lowest BCUT2D eigenvalue weighted by molar-refractivity contribution is 0.282. The van der Waals surface area contributed by atoms with E-state index in [0.29, 0.717) is 0 Å². The van der Waals surface area contributed by atoms with E-state index in [1.807, 2.05) is 42.5 Å². The van der Waals surface area contributed by atoms with Gasteiger partial charge in [-0.25, -0.2) is 0 Å². The number of benzene rings is 2. The highest BCUT2D eigenvalue weighted by Crippen LogP contribution is 2.31. The first-order valence-corrected chi connectivity index (χ1v) is 6.33. The number of aliphatic hydroxyl groups is 1. The summed E-state index contributed by atoms with van der Waals surface area (Å²) >= 11 is 3.40. The zero-order valence-corrected chi connectivity index (χ0v) is 11.0. The summed E-state index contributed by atoms with van der Waals surface area (Å²) in [5.41, 5.74) is 3.23. The first-order chi connectivity index (χ1) is 8.79. The standard InChI is InChI=1S/C14H10BrNO2/c15-10-5-6-11(9(7-10)8-17)14-12-3-1-2-4-13(12)18-16-14/h1-7,17H,8H2. The van der Waals surface area contributed by atoms with Crippen LogP contribution in [0, 0.1) is 0 Å². The maximum Gasteiger partial charge on any atom is 0.167 e. The van der Waals surface area contributed by atoms with E-state index in [0.717, 1.165) is 32.3 Å². The van der Waals surface area contributed by atoms with Crippen LogP contribution in [-0.2, 0) is 6.61 Å². The smallest absolute Gasteiger partial charge is 0.167 e. The summed E-state index contributed by atoms with van der Waals surface area (Å²) in [5, 5.41) is 14.5. The predicted octanol–water partition coefficient (Wildman–Crippen LogP) is 3.75. The molecule has 4 heteroatoms. The van der Waals surface area contributed by atoms with Gasteiger partial charge in [0.15, 0.2) is 5.58 Å². The Balaban J connectivity index is 2.26. The number of hydrogen-bond acceptors (Lipinski definition) is 3. The Hall–Kier alpha value is -1.65. The first kappa shape index (κ1) is 11.4. The van der Waals surface area contributed by atoms with Gasteiger partial charge in [-0.15, -0.1) is 0 Å². The summed E-state index contributed by atoms with van der Waals surface area (Å²) < 4.78 is 6.22. The van der Waals surface area contributed by atoms with Crippen molar-refractivity contribution in [1.29, 1.82) is 0 Å². The van der Waals surface area contributed by atoms with Crippen molar-refractivity contribution in [3.05, 3.63) is 52.5 Å². The molecule has 0 amide bonds. The molecule has 3 rings (SSSR count). The lowest BCUT2D eigenvalue weighted by Crippen LogP contribution is -1.90. The Kier molecular flexibility index (Phi) is 2.89. The number of nitrogens with zero attached hydrogens (tertiary/aromatic N) is 1. The zero-order chi connectivity index (χ0) is 12.5. The Morgan fingerprint density at radius 2 is 2.00 bits per heavy atom. The van der Waals surface area contributed by atoms with E-state index < -0.39 is 0 Å². The molecule has 0 fully saturated rings. The fraction of sp³-hybridized carbons (Fsp3) is 0.0714. The minimum Gasteiger partial charge on any atom is -0.392 e. The minimum atomic E-state index is -0.0318. The fourth-order valence-electron chi connectivity index (χ4n) is 2.00. The predicted molar refractivity (Wildman–Crippen MR) is 73.1 cm³/mol. The molecule has 0 aliphatic rings. The number of para-hydroxylation sites is 1. The summed E-state index contributed by atoms with van der Waals surface area (Å²) in [4.78, 5) is 0. The van der Waals surface area contributed by atoms with Gasteiger partial charge < -0.3 is 9.63 Å². The number of fused-ring (bicyclic) bond motifs is 1. The van der Waals surface area contributed by atoms with Crippen LogP contribution in [0.1, 0.15) is 5.56 Å². The van der Waals surface area contributed by atoms with E-state index in [2.05, 4.69) is 21.1 Å². The second kappa shape index (κ2) is 4.55. The van der Waals surface area contributed by atoms with E-state index in [-0.39, 0.29) is 6.61 Å². The molecule has 3 aromatic rings. The molecule has 0 aliphatic carbocycles. The fourth-order valence-corrected chi connectivity index (χ4v) is 2.41. The molecule has 3 nitrogen and oxygen atoms in total. The van der Waals surface area contributed by atoms with Gasteiger partial charge in [0.25, 0.3) is 0 Å². The SMILES string of the molecule is OCc1cc(Br)ccc1-c1noc2ccccc12. The molecule has 18 heavy (non-hydrogen) atoms. The molecule has 1 N–H and O–H groups in total. The highest BCUT2D eigenvalue weighted by atomic mass is 79.9. The van der Waals surface area contributed by atoms with E-state index in [9.17, 15) is 5.11 Å². The van der Waals surface area contributed by atoms with Crippen LogP contribution >= 0.6 is 15.9 Å². The molecule has 0 bridgehead atoms. The number of halogens is 1. The molecule has 0 saturated carbocycles. The summed E-state index contributed by atoms with van der Waals surface area (Å²) in [5.74, 6) is 0. The van der Waals surface area contributed by atoms with Gasteiger partial charge in [-0.05, 0) is 29.8 Å². The van der Waals surface area contributed by atoms with Gasteiger partial charge in [-0.3, -0.25) is 0 Å².